The van der Waals surface area contributed by atoms with Gasteiger partial charge >= 0.3 is 0 Å². The summed E-state index contributed by atoms with van der Waals surface area (Å²) in [6, 6.07) is 6.69. The molecule has 6 nitrogen and oxygen atoms in total. The van der Waals surface area contributed by atoms with Crippen LogP contribution in [-0.2, 0) is 14.8 Å². The van der Waals surface area contributed by atoms with Gasteiger partial charge in [0.15, 0.2) is 6.61 Å². The topological polar surface area (TPSA) is 84.5 Å². The fourth-order valence-corrected chi connectivity index (χ4v) is 5.17. The molecule has 1 aliphatic heterocycles. The van der Waals surface area contributed by atoms with E-state index in [0.717, 1.165) is 17.7 Å². The van der Waals surface area contributed by atoms with Crippen molar-refractivity contribution < 1.29 is 17.9 Å². The van der Waals surface area contributed by atoms with Crippen LogP contribution in [0.15, 0.2) is 34.5 Å². The maximum absolute atomic E-state index is 12.9. The Morgan fingerprint density at radius 3 is 2.88 bits per heavy atom. The molecule has 1 aliphatic rings. The van der Waals surface area contributed by atoms with Crippen molar-refractivity contribution in [3.63, 3.8) is 0 Å². The zero-order valence-corrected chi connectivity index (χ0v) is 15.7. The Kier molecular flexibility index (Phi) is 5.12. The van der Waals surface area contributed by atoms with E-state index in [1.165, 1.54) is 17.4 Å². The Hall–Kier alpha value is -1.90. The van der Waals surface area contributed by atoms with E-state index in [1.54, 1.807) is 13.0 Å². The first-order chi connectivity index (χ1) is 11.9. The van der Waals surface area contributed by atoms with Crippen LogP contribution in [0.4, 0.5) is 5.69 Å². The van der Waals surface area contributed by atoms with Crippen LogP contribution in [0, 0.1) is 6.92 Å². The van der Waals surface area contributed by atoms with Gasteiger partial charge in [-0.1, -0.05) is 19.4 Å². The number of hydrogen-bond donors (Lipinski definition) is 2. The lowest BCUT2D eigenvalue weighted by Crippen LogP contribution is -2.30. The third-order valence-electron chi connectivity index (χ3n) is 3.96. The van der Waals surface area contributed by atoms with E-state index in [9.17, 15) is 13.2 Å². The van der Waals surface area contributed by atoms with Crippen molar-refractivity contribution >= 4 is 33.0 Å². The van der Waals surface area contributed by atoms with Gasteiger partial charge in [-0.25, -0.2) is 13.1 Å². The van der Waals surface area contributed by atoms with Crippen LogP contribution in [0.25, 0.3) is 0 Å². The summed E-state index contributed by atoms with van der Waals surface area (Å²) in [4.78, 5) is 12.6. The average Bonchev–Trinajstić information content (AvgIpc) is 3.07. The van der Waals surface area contributed by atoms with Crippen LogP contribution in [-0.4, -0.2) is 20.9 Å². The maximum Gasteiger partial charge on any atom is 0.262 e. The fraction of sp³-hybridized carbons (Fsp3) is 0.353. The second-order valence-corrected chi connectivity index (χ2v) is 8.59. The van der Waals surface area contributed by atoms with Crippen LogP contribution in [0.1, 0.15) is 36.2 Å². The summed E-state index contributed by atoms with van der Waals surface area (Å²) in [6.45, 7) is 3.61. The van der Waals surface area contributed by atoms with Gasteiger partial charge in [0.1, 0.15) is 5.75 Å². The number of hydrogen-bond acceptors (Lipinski definition) is 5. The molecule has 134 valence electrons. The van der Waals surface area contributed by atoms with E-state index >= 15 is 0 Å². The minimum atomic E-state index is -3.72. The molecular weight excluding hydrogens is 360 g/mol. The van der Waals surface area contributed by atoms with Gasteiger partial charge in [0.25, 0.3) is 5.91 Å². The number of aryl methyl sites for hydroxylation is 1. The number of anilines is 1. The molecule has 2 heterocycles. The Balaban J connectivity index is 1.93. The highest BCUT2D eigenvalue weighted by Gasteiger charge is 2.26. The zero-order valence-electron chi connectivity index (χ0n) is 14.0. The summed E-state index contributed by atoms with van der Waals surface area (Å²) in [6.07, 6.45) is 1.58. The Morgan fingerprint density at radius 1 is 1.40 bits per heavy atom. The number of carbonyl (C=O) groups is 1. The highest BCUT2D eigenvalue weighted by molar-refractivity contribution is 7.89. The van der Waals surface area contributed by atoms with E-state index < -0.39 is 10.0 Å². The number of thiophene rings is 1. The van der Waals surface area contributed by atoms with E-state index in [0.29, 0.717) is 17.0 Å². The van der Waals surface area contributed by atoms with Gasteiger partial charge in [0, 0.05) is 10.9 Å². The molecule has 1 atom stereocenters. The minimum absolute atomic E-state index is 0.114. The lowest BCUT2D eigenvalue weighted by Gasteiger charge is -2.22. The molecule has 1 aromatic carbocycles. The number of rotatable bonds is 6. The van der Waals surface area contributed by atoms with E-state index in [2.05, 4.69) is 10.0 Å². The molecule has 0 fully saturated rings. The first kappa shape index (κ1) is 17.9. The molecule has 0 saturated carbocycles. The summed E-state index contributed by atoms with van der Waals surface area (Å²) in [5.74, 6) is 0.120. The second kappa shape index (κ2) is 7.15. The Labute approximate surface area is 151 Å². The largest absolute Gasteiger partial charge is 0.482 e. The molecular formula is C17H20N2O4S2. The van der Waals surface area contributed by atoms with Crippen molar-refractivity contribution in [2.45, 2.75) is 37.6 Å². The van der Waals surface area contributed by atoms with Crippen molar-refractivity contribution in [1.29, 1.82) is 0 Å². The number of amides is 1. The third-order valence-corrected chi connectivity index (χ3v) is 6.56. The molecule has 0 radical (unpaired) electrons. The van der Waals surface area contributed by atoms with Gasteiger partial charge in [-0.05, 0) is 36.4 Å². The van der Waals surface area contributed by atoms with E-state index in [1.807, 2.05) is 24.4 Å². The molecule has 25 heavy (non-hydrogen) atoms. The Morgan fingerprint density at radius 2 is 2.20 bits per heavy atom. The summed E-state index contributed by atoms with van der Waals surface area (Å²) in [5.41, 5.74) is 1.05. The molecule has 1 amide bonds. The smallest absolute Gasteiger partial charge is 0.262 e. The lowest BCUT2D eigenvalue weighted by atomic mass is 10.1. The highest BCUT2D eigenvalue weighted by Crippen LogP contribution is 2.34. The summed E-state index contributed by atoms with van der Waals surface area (Å²) in [5, 5.41) is 4.62. The van der Waals surface area contributed by atoms with Crippen LogP contribution in [0.5, 0.6) is 5.75 Å². The van der Waals surface area contributed by atoms with Gasteiger partial charge in [-0.3, -0.25) is 4.79 Å². The highest BCUT2D eigenvalue weighted by atomic mass is 32.2. The number of fused-ring (bicyclic) bond motifs is 1. The molecule has 8 heteroatoms. The normalized spacial score (nSPS) is 15.2. The SMILES string of the molecule is CCCC(NS(=O)(=O)c1cc2c(cc1C)NC(=O)CO2)c1cccs1. The quantitative estimate of drug-likeness (QED) is 0.806. The molecule has 0 spiro atoms. The fourth-order valence-electron chi connectivity index (χ4n) is 2.79. The van der Waals surface area contributed by atoms with Crippen LogP contribution < -0.4 is 14.8 Å². The van der Waals surface area contributed by atoms with Gasteiger partial charge < -0.3 is 10.1 Å². The van der Waals surface area contributed by atoms with Gasteiger partial charge in [-0.2, -0.15) is 0 Å². The zero-order chi connectivity index (χ0) is 18.0. The van der Waals surface area contributed by atoms with Crippen molar-refractivity contribution in [3.05, 3.63) is 40.1 Å². The third kappa shape index (κ3) is 3.86. The molecule has 2 aromatic rings. The molecule has 3 rings (SSSR count). The minimum Gasteiger partial charge on any atom is -0.482 e. The predicted octanol–water partition coefficient (Wildman–Crippen LogP) is 3.21. The number of sulfonamides is 1. The van der Waals surface area contributed by atoms with Gasteiger partial charge in [0.05, 0.1) is 16.6 Å². The summed E-state index contributed by atoms with van der Waals surface area (Å²) in [7, 11) is -3.72. The molecule has 0 aliphatic carbocycles. The van der Waals surface area contributed by atoms with Crippen molar-refractivity contribution in [2.24, 2.45) is 0 Å². The molecule has 1 aromatic heterocycles. The summed E-state index contributed by atoms with van der Waals surface area (Å²) >= 11 is 1.54. The number of ether oxygens (including phenoxy) is 1. The molecule has 1 unspecified atom stereocenters. The van der Waals surface area contributed by atoms with Crippen molar-refractivity contribution in [3.8, 4) is 5.75 Å². The first-order valence-electron chi connectivity index (χ1n) is 8.03. The standard InChI is InChI=1S/C17H20N2O4S2/c1-3-5-12(15-6-4-7-24-15)19-25(21,22)16-9-14-13(8-11(16)2)18-17(20)10-23-14/h4,6-9,12,19H,3,5,10H2,1-2H3,(H,18,20). The molecule has 0 bridgehead atoms. The van der Waals surface area contributed by atoms with Gasteiger partial charge in [0.2, 0.25) is 10.0 Å². The second-order valence-electron chi connectivity index (χ2n) is 5.93. The van der Waals surface area contributed by atoms with Crippen LogP contribution in [0.2, 0.25) is 0 Å². The first-order valence-corrected chi connectivity index (χ1v) is 10.4. The van der Waals surface area contributed by atoms with Crippen LogP contribution >= 0.6 is 11.3 Å². The monoisotopic (exact) mass is 380 g/mol. The Bertz CT molecular complexity index is 876. The predicted molar refractivity (Wildman–Crippen MR) is 97.6 cm³/mol. The number of benzene rings is 1. The van der Waals surface area contributed by atoms with E-state index in [4.69, 9.17) is 4.74 Å². The average molecular weight is 380 g/mol. The number of carbonyl (C=O) groups excluding carboxylic acids is 1. The van der Waals surface area contributed by atoms with E-state index in [-0.39, 0.29) is 23.5 Å². The molecule has 2 N–H and O–H groups in total. The van der Waals surface area contributed by atoms with Crippen LogP contribution in [0.3, 0.4) is 0 Å². The summed E-state index contributed by atoms with van der Waals surface area (Å²) < 4.78 is 34.0. The lowest BCUT2D eigenvalue weighted by molar-refractivity contribution is -0.118. The van der Waals surface area contributed by atoms with Gasteiger partial charge in [-0.15, -0.1) is 11.3 Å². The number of nitrogens with one attached hydrogen (secondary N) is 2. The molecule has 0 saturated heterocycles. The van der Waals surface area contributed by atoms with Crippen molar-refractivity contribution in [2.75, 3.05) is 11.9 Å². The maximum atomic E-state index is 12.9. The van der Waals surface area contributed by atoms with Crippen molar-refractivity contribution in [1.82, 2.24) is 4.72 Å².